The Kier molecular flexibility index (Phi) is 4.08. The summed E-state index contributed by atoms with van der Waals surface area (Å²) in [5, 5.41) is 15.3. The zero-order chi connectivity index (χ0) is 18.3. The van der Waals surface area contributed by atoms with E-state index in [-0.39, 0.29) is 17.9 Å². The molecule has 2 aromatic carbocycles. The number of aromatic nitrogens is 4. The van der Waals surface area contributed by atoms with Gasteiger partial charge in [0.25, 0.3) is 0 Å². The summed E-state index contributed by atoms with van der Waals surface area (Å²) in [7, 11) is 1.84. The molecule has 2 N–H and O–H groups in total. The molecule has 4 rings (SSSR count). The molecule has 6 nitrogen and oxygen atoms in total. The number of fused-ring (bicyclic) bond motifs is 1. The first-order valence-electron chi connectivity index (χ1n) is 8.07. The Bertz CT molecular complexity index is 1150. The number of aromatic amines is 1. The minimum atomic E-state index is -0.0304. The predicted molar refractivity (Wildman–Crippen MR) is 103 cm³/mol. The number of ketones is 1. The Morgan fingerprint density at radius 1 is 1.23 bits per heavy atom. The number of imidazole rings is 1. The molecule has 0 radical (unpaired) electrons. The fourth-order valence-electron chi connectivity index (χ4n) is 3.16. The molecule has 0 saturated carbocycles. The number of H-pyrrole nitrogens is 1. The van der Waals surface area contributed by atoms with E-state index in [0.29, 0.717) is 5.56 Å². The van der Waals surface area contributed by atoms with Crippen LogP contribution in [-0.2, 0) is 13.6 Å². The van der Waals surface area contributed by atoms with Gasteiger partial charge in [0.05, 0.1) is 23.8 Å². The van der Waals surface area contributed by atoms with Gasteiger partial charge in [-0.05, 0) is 18.2 Å². The van der Waals surface area contributed by atoms with Crippen LogP contribution in [0.4, 0.5) is 0 Å². The molecule has 2 aromatic heterocycles. The van der Waals surface area contributed by atoms with Crippen molar-refractivity contribution in [1.29, 1.82) is 5.41 Å². The molecular formula is C19H16BrN5O. The average molecular weight is 410 g/mol. The van der Waals surface area contributed by atoms with Gasteiger partial charge in [-0.15, -0.1) is 0 Å². The third-order valence-electron chi connectivity index (χ3n) is 4.49. The van der Waals surface area contributed by atoms with Crippen molar-refractivity contribution in [3.63, 3.8) is 0 Å². The molecule has 2 heterocycles. The number of benzene rings is 2. The van der Waals surface area contributed by atoms with Crippen LogP contribution in [0.3, 0.4) is 0 Å². The normalized spacial score (nSPS) is 11.2. The van der Waals surface area contributed by atoms with Gasteiger partial charge in [-0.2, -0.15) is 5.10 Å². The second-order valence-corrected chi connectivity index (χ2v) is 6.97. The van der Waals surface area contributed by atoms with Gasteiger partial charge in [0.1, 0.15) is 0 Å². The Balaban J connectivity index is 1.82. The number of hydrogen-bond acceptors (Lipinski definition) is 3. The van der Waals surface area contributed by atoms with Crippen molar-refractivity contribution < 1.29 is 4.79 Å². The number of carbonyl (C=O) groups excluding carboxylic acids is 1. The molecule has 0 atom stereocenters. The average Bonchev–Trinajstić information content (AvgIpc) is 3.26. The number of Topliss-reactive ketones (excluding diaryl/α,β-unsaturated/α-hetero) is 1. The van der Waals surface area contributed by atoms with Crippen LogP contribution in [0.15, 0.2) is 59.3 Å². The van der Waals surface area contributed by atoms with Gasteiger partial charge in [0.2, 0.25) is 5.62 Å². The van der Waals surface area contributed by atoms with Crippen molar-refractivity contribution in [3.05, 3.63) is 70.5 Å². The van der Waals surface area contributed by atoms with Crippen LogP contribution in [-0.4, -0.2) is 25.1 Å². The predicted octanol–water partition coefficient (Wildman–Crippen LogP) is 3.49. The molecule has 0 aliphatic carbocycles. The topological polar surface area (TPSA) is 79.5 Å². The maximum atomic E-state index is 12.7. The van der Waals surface area contributed by atoms with Crippen molar-refractivity contribution in [2.24, 2.45) is 7.05 Å². The van der Waals surface area contributed by atoms with Crippen molar-refractivity contribution in [2.75, 3.05) is 0 Å². The molecule has 0 aliphatic rings. The minimum Gasteiger partial charge on any atom is -0.313 e. The monoisotopic (exact) mass is 409 g/mol. The summed E-state index contributed by atoms with van der Waals surface area (Å²) in [6.45, 7) is 0.118. The van der Waals surface area contributed by atoms with E-state index < -0.39 is 0 Å². The van der Waals surface area contributed by atoms with Crippen LogP contribution >= 0.6 is 15.9 Å². The first kappa shape index (κ1) is 16.5. The van der Waals surface area contributed by atoms with Crippen molar-refractivity contribution in [3.8, 4) is 11.1 Å². The fourth-order valence-corrected chi connectivity index (χ4v) is 3.43. The highest BCUT2D eigenvalue weighted by Gasteiger charge is 2.16. The Labute approximate surface area is 157 Å². The number of rotatable bonds is 4. The van der Waals surface area contributed by atoms with E-state index in [2.05, 4.69) is 26.1 Å². The lowest BCUT2D eigenvalue weighted by molar-refractivity contribution is 0.0971. The van der Waals surface area contributed by atoms with Gasteiger partial charge in [0.15, 0.2) is 5.78 Å². The summed E-state index contributed by atoms with van der Waals surface area (Å²) in [5.41, 5.74) is 4.58. The fraction of sp³-hybridized carbons (Fsp3) is 0.105. The summed E-state index contributed by atoms with van der Waals surface area (Å²) >= 11 is 3.38. The number of nitrogens with zero attached hydrogens (tertiary/aromatic N) is 3. The number of hydrogen-bond donors (Lipinski definition) is 2. The Morgan fingerprint density at radius 2 is 2.00 bits per heavy atom. The van der Waals surface area contributed by atoms with E-state index in [4.69, 9.17) is 5.41 Å². The highest BCUT2D eigenvalue weighted by atomic mass is 79.9. The molecule has 130 valence electrons. The Morgan fingerprint density at radius 3 is 2.69 bits per heavy atom. The van der Waals surface area contributed by atoms with Crippen LogP contribution in [0, 0.1) is 5.41 Å². The highest BCUT2D eigenvalue weighted by molar-refractivity contribution is 9.10. The molecule has 0 unspecified atom stereocenters. The van der Waals surface area contributed by atoms with Crippen LogP contribution in [0.1, 0.15) is 10.4 Å². The van der Waals surface area contributed by atoms with E-state index in [1.165, 1.54) is 0 Å². The van der Waals surface area contributed by atoms with Gasteiger partial charge in [-0.3, -0.25) is 15.3 Å². The molecule has 0 bridgehead atoms. The summed E-state index contributed by atoms with van der Waals surface area (Å²) < 4.78 is 4.47. The molecule has 7 heteroatoms. The first-order chi connectivity index (χ1) is 12.6. The quantitative estimate of drug-likeness (QED) is 0.505. The lowest BCUT2D eigenvalue weighted by atomic mass is 10.1. The molecule has 0 saturated heterocycles. The van der Waals surface area contributed by atoms with Crippen LogP contribution in [0.25, 0.3) is 22.2 Å². The Hall–Kier alpha value is -2.93. The molecule has 0 aliphatic heterocycles. The van der Waals surface area contributed by atoms with Crippen molar-refractivity contribution in [2.45, 2.75) is 6.54 Å². The summed E-state index contributed by atoms with van der Waals surface area (Å²) in [4.78, 5) is 12.7. The standard InChI is InChI=1S/C19H16BrN5O/c1-24-18-15(13-9-22-23-10-13)3-2-4-16(18)25(19(24)21)11-17(26)12-5-7-14(20)8-6-12/h2-10,21H,11H2,1H3,(H,22,23). The third kappa shape index (κ3) is 2.70. The largest absolute Gasteiger partial charge is 0.313 e. The molecular weight excluding hydrogens is 394 g/mol. The second kappa shape index (κ2) is 6.42. The first-order valence-corrected chi connectivity index (χ1v) is 8.86. The highest BCUT2D eigenvalue weighted by Crippen LogP contribution is 2.27. The number of para-hydroxylation sites is 1. The SMILES string of the molecule is Cn1c(=N)n(CC(=O)c2ccc(Br)cc2)c2cccc(-c3cn[nH]c3)c21. The third-order valence-corrected chi connectivity index (χ3v) is 5.02. The molecule has 0 spiro atoms. The number of nitrogens with one attached hydrogen (secondary N) is 2. The summed E-state index contributed by atoms with van der Waals surface area (Å²) in [6.07, 6.45) is 3.57. The summed E-state index contributed by atoms with van der Waals surface area (Å²) in [6, 6.07) is 13.1. The molecule has 26 heavy (non-hydrogen) atoms. The maximum Gasteiger partial charge on any atom is 0.203 e. The van der Waals surface area contributed by atoms with Gasteiger partial charge in [-0.1, -0.05) is 40.2 Å². The van der Waals surface area contributed by atoms with E-state index in [9.17, 15) is 4.79 Å². The van der Waals surface area contributed by atoms with Crippen molar-refractivity contribution in [1.82, 2.24) is 19.3 Å². The number of aryl methyl sites for hydroxylation is 1. The smallest absolute Gasteiger partial charge is 0.203 e. The van der Waals surface area contributed by atoms with E-state index in [0.717, 1.165) is 26.6 Å². The maximum absolute atomic E-state index is 12.7. The van der Waals surface area contributed by atoms with E-state index in [1.807, 2.05) is 43.6 Å². The second-order valence-electron chi connectivity index (χ2n) is 6.06. The zero-order valence-electron chi connectivity index (χ0n) is 14.0. The van der Waals surface area contributed by atoms with Crippen molar-refractivity contribution >= 4 is 32.7 Å². The number of carbonyl (C=O) groups is 1. The lowest BCUT2D eigenvalue weighted by Gasteiger charge is -2.05. The van der Waals surface area contributed by atoms with Crippen LogP contribution < -0.4 is 5.62 Å². The minimum absolute atomic E-state index is 0.0304. The molecule has 0 fully saturated rings. The van der Waals surface area contributed by atoms with Crippen LogP contribution in [0.5, 0.6) is 0 Å². The molecule has 4 aromatic rings. The van der Waals surface area contributed by atoms with Gasteiger partial charge >= 0.3 is 0 Å². The summed E-state index contributed by atoms with van der Waals surface area (Å²) in [5.74, 6) is -0.0304. The lowest BCUT2D eigenvalue weighted by Crippen LogP contribution is -2.25. The van der Waals surface area contributed by atoms with Gasteiger partial charge < -0.3 is 9.13 Å². The molecule has 0 amide bonds. The van der Waals surface area contributed by atoms with E-state index in [1.54, 1.807) is 27.5 Å². The van der Waals surface area contributed by atoms with E-state index >= 15 is 0 Å². The van der Waals surface area contributed by atoms with Crippen LogP contribution in [0.2, 0.25) is 0 Å². The zero-order valence-corrected chi connectivity index (χ0v) is 15.6. The van der Waals surface area contributed by atoms with Gasteiger partial charge in [0, 0.05) is 34.4 Å². The van der Waals surface area contributed by atoms with Gasteiger partial charge in [-0.25, -0.2) is 0 Å². The number of halogens is 1.